The number of esters is 1. The van der Waals surface area contributed by atoms with Gasteiger partial charge in [-0.15, -0.1) is 0 Å². The first-order valence-electron chi connectivity index (χ1n) is 9.48. The molecule has 1 aliphatic carbocycles. The van der Waals surface area contributed by atoms with Gasteiger partial charge in [-0.25, -0.2) is 4.79 Å². The van der Waals surface area contributed by atoms with E-state index in [0.717, 1.165) is 29.5 Å². The van der Waals surface area contributed by atoms with Crippen molar-refractivity contribution in [2.24, 2.45) is 5.73 Å². The fourth-order valence-corrected chi connectivity index (χ4v) is 4.75. The van der Waals surface area contributed by atoms with Crippen LogP contribution in [0, 0.1) is 0 Å². The summed E-state index contributed by atoms with van der Waals surface area (Å²) in [6.45, 7) is 1.01. The third-order valence-electron chi connectivity index (χ3n) is 6.33. The van der Waals surface area contributed by atoms with Gasteiger partial charge < -0.3 is 15.4 Å². The van der Waals surface area contributed by atoms with Crippen LogP contribution in [0.5, 0.6) is 0 Å². The first kappa shape index (κ1) is 17.4. The molecule has 1 amide bonds. The van der Waals surface area contributed by atoms with E-state index in [1.807, 2.05) is 47.4 Å². The maximum absolute atomic E-state index is 13.4. The van der Waals surface area contributed by atoms with E-state index >= 15 is 0 Å². The molecule has 2 aliphatic heterocycles. The zero-order chi connectivity index (χ0) is 19.5. The molecular formula is C22H20N2O3S. The zero-order valence-electron chi connectivity index (χ0n) is 15.3. The lowest BCUT2D eigenvalue weighted by atomic mass is 9.91. The number of thiocarbonyl (C=S) groups is 1. The van der Waals surface area contributed by atoms with Crippen LogP contribution in [-0.4, -0.2) is 34.9 Å². The number of amides is 1. The Morgan fingerprint density at radius 2 is 1.79 bits per heavy atom. The minimum absolute atomic E-state index is 0.118. The molecule has 1 atom stereocenters. The summed E-state index contributed by atoms with van der Waals surface area (Å²) in [6.07, 6.45) is 2.30. The van der Waals surface area contributed by atoms with Crippen LogP contribution in [0.4, 0.5) is 0 Å². The number of carbonyl (C=O) groups is 2. The maximum Gasteiger partial charge on any atom is 0.339 e. The van der Waals surface area contributed by atoms with Gasteiger partial charge in [0.25, 0.3) is 0 Å². The van der Waals surface area contributed by atoms with E-state index in [1.54, 1.807) is 6.07 Å². The van der Waals surface area contributed by atoms with Crippen molar-refractivity contribution in [2.75, 3.05) is 13.1 Å². The summed E-state index contributed by atoms with van der Waals surface area (Å²) in [5.41, 5.74) is 7.84. The summed E-state index contributed by atoms with van der Waals surface area (Å²) < 4.78 is 5.78. The van der Waals surface area contributed by atoms with Crippen LogP contribution in [0.25, 0.3) is 0 Å². The molecule has 2 N–H and O–H groups in total. The van der Waals surface area contributed by atoms with Crippen LogP contribution in [0.2, 0.25) is 0 Å². The second-order valence-corrected chi connectivity index (χ2v) is 8.37. The summed E-state index contributed by atoms with van der Waals surface area (Å²) in [4.78, 5) is 27.9. The number of nitrogens with two attached hydrogens (primary N) is 1. The molecule has 2 fully saturated rings. The monoisotopic (exact) mass is 392 g/mol. The molecule has 2 aromatic carbocycles. The Labute approximate surface area is 168 Å². The average Bonchev–Trinajstić information content (AvgIpc) is 3.34. The summed E-state index contributed by atoms with van der Waals surface area (Å²) in [7, 11) is 0. The predicted octanol–water partition coefficient (Wildman–Crippen LogP) is 2.65. The van der Waals surface area contributed by atoms with Gasteiger partial charge in [0.05, 0.1) is 17.5 Å². The lowest BCUT2D eigenvalue weighted by Crippen LogP contribution is -2.40. The highest BCUT2D eigenvalue weighted by Crippen LogP contribution is 2.52. The minimum atomic E-state index is -0.699. The molecule has 2 aromatic rings. The number of ether oxygens (including phenoxy) is 1. The Hall–Kier alpha value is -2.73. The number of hydrogen-bond acceptors (Lipinski definition) is 4. The molecular weight excluding hydrogens is 372 g/mol. The second-order valence-electron chi connectivity index (χ2n) is 7.93. The molecule has 2 heterocycles. The van der Waals surface area contributed by atoms with Crippen LogP contribution in [0.1, 0.15) is 46.3 Å². The molecule has 1 spiro atoms. The standard InChI is InChI=1S/C22H20N2O3S/c23-18(28)14-5-7-15(8-6-14)21(9-10-21)20(26)24-12-11-22(13-24)17-4-2-1-3-16(17)19(25)27-22/h1-8H,9-13H2,(H2,23,28). The van der Waals surface area contributed by atoms with Crippen molar-refractivity contribution in [2.45, 2.75) is 30.3 Å². The third-order valence-corrected chi connectivity index (χ3v) is 6.56. The number of nitrogens with zero attached hydrogens (tertiary/aromatic N) is 1. The fraction of sp³-hybridized carbons (Fsp3) is 0.318. The van der Waals surface area contributed by atoms with Gasteiger partial charge in [-0.05, 0) is 24.5 Å². The minimum Gasteiger partial charge on any atom is -0.449 e. The van der Waals surface area contributed by atoms with Gasteiger partial charge in [0, 0.05) is 24.1 Å². The topological polar surface area (TPSA) is 72.6 Å². The second kappa shape index (κ2) is 5.88. The van der Waals surface area contributed by atoms with E-state index in [9.17, 15) is 9.59 Å². The first-order valence-corrected chi connectivity index (χ1v) is 9.89. The van der Waals surface area contributed by atoms with E-state index in [4.69, 9.17) is 22.7 Å². The molecule has 5 rings (SSSR count). The maximum atomic E-state index is 13.4. The van der Waals surface area contributed by atoms with Crippen molar-refractivity contribution < 1.29 is 14.3 Å². The number of benzene rings is 2. The highest BCUT2D eigenvalue weighted by Gasteiger charge is 2.57. The van der Waals surface area contributed by atoms with Gasteiger partial charge in [-0.2, -0.15) is 0 Å². The molecule has 0 radical (unpaired) electrons. The molecule has 6 heteroatoms. The molecule has 0 bridgehead atoms. The van der Waals surface area contributed by atoms with Crippen LogP contribution in [0.3, 0.4) is 0 Å². The Bertz CT molecular complexity index is 1010. The van der Waals surface area contributed by atoms with Crippen molar-refractivity contribution >= 4 is 29.1 Å². The quantitative estimate of drug-likeness (QED) is 0.642. The largest absolute Gasteiger partial charge is 0.449 e. The molecule has 1 saturated heterocycles. The smallest absolute Gasteiger partial charge is 0.339 e. The van der Waals surface area contributed by atoms with E-state index < -0.39 is 11.0 Å². The van der Waals surface area contributed by atoms with Crippen LogP contribution >= 0.6 is 12.2 Å². The van der Waals surface area contributed by atoms with Crippen molar-refractivity contribution in [3.8, 4) is 0 Å². The number of hydrogen-bond donors (Lipinski definition) is 1. The third kappa shape index (κ3) is 2.41. The Morgan fingerprint density at radius 3 is 2.46 bits per heavy atom. The lowest BCUT2D eigenvalue weighted by molar-refractivity contribution is -0.134. The number of fused-ring (bicyclic) bond motifs is 2. The molecule has 0 aromatic heterocycles. The van der Waals surface area contributed by atoms with Crippen molar-refractivity contribution in [3.05, 3.63) is 70.8 Å². The van der Waals surface area contributed by atoms with E-state index in [-0.39, 0.29) is 11.9 Å². The van der Waals surface area contributed by atoms with Crippen LogP contribution < -0.4 is 5.73 Å². The van der Waals surface area contributed by atoms with Gasteiger partial charge >= 0.3 is 5.97 Å². The van der Waals surface area contributed by atoms with Crippen molar-refractivity contribution in [1.29, 1.82) is 0 Å². The van der Waals surface area contributed by atoms with Crippen molar-refractivity contribution in [3.63, 3.8) is 0 Å². The predicted molar refractivity (Wildman–Crippen MR) is 108 cm³/mol. The fourth-order valence-electron chi connectivity index (χ4n) is 4.61. The lowest BCUT2D eigenvalue weighted by Gasteiger charge is -2.27. The first-order chi connectivity index (χ1) is 13.5. The highest BCUT2D eigenvalue weighted by atomic mass is 32.1. The van der Waals surface area contributed by atoms with E-state index in [0.29, 0.717) is 30.1 Å². The van der Waals surface area contributed by atoms with Gasteiger partial charge in [-0.1, -0.05) is 54.7 Å². The SMILES string of the molecule is NC(=S)c1ccc(C2(C(=O)N3CCC4(C3)OC(=O)c3ccccc34)CC2)cc1. The number of likely N-dealkylation sites (tertiary alicyclic amines) is 1. The van der Waals surface area contributed by atoms with Gasteiger partial charge in [0.2, 0.25) is 5.91 Å². The Balaban J connectivity index is 1.40. The zero-order valence-corrected chi connectivity index (χ0v) is 16.1. The molecule has 28 heavy (non-hydrogen) atoms. The number of carbonyl (C=O) groups excluding carboxylic acids is 2. The molecule has 3 aliphatic rings. The van der Waals surface area contributed by atoms with Crippen molar-refractivity contribution in [1.82, 2.24) is 4.90 Å². The summed E-state index contributed by atoms with van der Waals surface area (Å²) >= 11 is 5.01. The number of rotatable bonds is 3. The molecule has 1 unspecified atom stereocenters. The molecule has 5 nitrogen and oxygen atoms in total. The highest BCUT2D eigenvalue weighted by molar-refractivity contribution is 7.80. The summed E-state index contributed by atoms with van der Waals surface area (Å²) in [6, 6.07) is 15.2. The van der Waals surface area contributed by atoms with Gasteiger partial charge in [0.15, 0.2) is 5.60 Å². The van der Waals surface area contributed by atoms with Gasteiger partial charge in [0.1, 0.15) is 4.99 Å². The summed E-state index contributed by atoms with van der Waals surface area (Å²) in [5, 5.41) is 0. The molecule has 142 valence electrons. The van der Waals surface area contributed by atoms with Crippen LogP contribution in [-0.2, 0) is 20.5 Å². The summed E-state index contributed by atoms with van der Waals surface area (Å²) in [5.74, 6) is -0.174. The Kier molecular flexibility index (Phi) is 3.65. The average molecular weight is 392 g/mol. The van der Waals surface area contributed by atoms with Crippen LogP contribution in [0.15, 0.2) is 48.5 Å². The van der Waals surface area contributed by atoms with E-state index in [1.165, 1.54) is 0 Å². The molecule has 1 saturated carbocycles. The Morgan fingerprint density at radius 1 is 1.07 bits per heavy atom. The van der Waals surface area contributed by atoms with E-state index in [2.05, 4.69) is 0 Å². The normalized spacial score (nSPS) is 24.1. The van der Waals surface area contributed by atoms with Gasteiger partial charge in [-0.3, -0.25) is 4.79 Å².